The van der Waals surface area contributed by atoms with Crippen molar-refractivity contribution in [3.05, 3.63) is 35.9 Å². The van der Waals surface area contributed by atoms with Gasteiger partial charge in [-0.05, 0) is 37.2 Å². The van der Waals surface area contributed by atoms with Gasteiger partial charge in [0.1, 0.15) is 0 Å². The fourth-order valence-corrected chi connectivity index (χ4v) is 2.35. The van der Waals surface area contributed by atoms with Gasteiger partial charge >= 0.3 is 0 Å². The Balaban J connectivity index is 1.82. The lowest BCUT2D eigenvalue weighted by Crippen LogP contribution is -2.13. The smallest absolute Gasteiger partial charge is 0.0568 e. The van der Waals surface area contributed by atoms with E-state index >= 15 is 0 Å². The molecule has 1 saturated carbocycles. The van der Waals surface area contributed by atoms with Gasteiger partial charge in [-0.1, -0.05) is 36.8 Å². The Hall–Kier alpha value is -0.820. The lowest BCUT2D eigenvalue weighted by Gasteiger charge is -2.13. The summed E-state index contributed by atoms with van der Waals surface area (Å²) in [4.78, 5) is 0. The molecule has 0 unspecified atom stereocenters. The maximum atomic E-state index is 9.67. The summed E-state index contributed by atoms with van der Waals surface area (Å²) in [7, 11) is 0. The average molecular weight is 190 g/mol. The Morgan fingerprint density at radius 1 is 1.14 bits per heavy atom. The third-order valence-corrected chi connectivity index (χ3v) is 3.27. The summed E-state index contributed by atoms with van der Waals surface area (Å²) in [6.07, 6.45) is 5.67. The van der Waals surface area contributed by atoms with E-state index in [1.54, 1.807) is 0 Å². The molecule has 1 N–H and O–H groups in total. The molecule has 2 rings (SSSR count). The fraction of sp³-hybridized carbons (Fsp3) is 0.538. The van der Waals surface area contributed by atoms with Crippen LogP contribution in [0.3, 0.4) is 0 Å². The number of aliphatic hydroxyl groups excluding tert-OH is 1. The topological polar surface area (TPSA) is 20.2 Å². The van der Waals surface area contributed by atoms with Crippen molar-refractivity contribution in [1.29, 1.82) is 0 Å². The SMILES string of the molecule is O[C@@H]1CCC[C@@H]1CCc1ccccc1. The lowest BCUT2D eigenvalue weighted by atomic mass is 9.97. The monoisotopic (exact) mass is 190 g/mol. The molecule has 1 aromatic rings. The molecule has 0 saturated heterocycles. The Kier molecular flexibility index (Phi) is 3.20. The Bertz CT molecular complexity index is 268. The molecule has 1 aliphatic carbocycles. The first-order chi connectivity index (χ1) is 6.86. The van der Waals surface area contributed by atoms with E-state index in [1.165, 1.54) is 18.4 Å². The Labute approximate surface area is 85.8 Å². The summed E-state index contributed by atoms with van der Waals surface area (Å²) in [6, 6.07) is 10.6. The molecule has 76 valence electrons. The summed E-state index contributed by atoms with van der Waals surface area (Å²) >= 11 is 0. The fourth-order valence-electron chi connectivity index (χ4n) is 2.35. The molecular weight excluding hydrogens is 172 g/mol. The van der Waals surface area contributed by atoms with Crippen molar-refractivity contribution in [2.24, 2.45) is 5.92 Å². The molecule has 1 aromatic carbocycles. The van der Waals surface area contributed by atoms with E-state index in [9.17, 15) is 5.11 Å². The summed E-state index contributed by atoms with van der Waals surface area (Å²) in [5.41, 5.74) is 1.40. The molecule has 0 aromatic heterocycles. The van der Waals surface area contributed by atoms with Gasteiger partial charge in [-0.2, -0.15) is 0 Å². The van der Waals surface area contributed by atoms with E-state index in [1.807, 2.05) is 6.07 Å². The van der Waals surface area contributed by atoms with Gasteiger partial charge in [0.25, 0.3) is 0 Å². The maximum Gasteiger partial charge on any atom is 0.0568 e. The van der Waals surface area contributed by atoms with Crippen molar-refractivity contribution in [3.63, 3.8) is 0 Å². The summed E-state index contributed by atoms with van der Waals surface area (Å²) in [5.74, 6) is 0.551. The molecule has 0 aliphatic heterocycles. The molecule has 0 heterocycles. The highest BCUT2D eigenvalue weighted by molar-refractivity contribution is 5.14. The molecule has 0 spiro atoms. The van der Waals surface area contributed by atoms with Gasteiger partial charge in [-0.25, -0.2) is 0 Å². The first-order valence-corrected chi connectivity index (χ1v) is 5.58. The van der Waals surface area contributed by atoms with Crippen LogP contribution >= 0.6 is 0 Å². The third kappa shape index (κ3) is 2.36. The normalized spacial score (nSPS) is 26.6. The van der Waals surface area contributed by atoms with Crippen LogP contribution in [0.2, 0.25) is 0 Å². The predicted molar refractivity (Wildman–Crippen MR) is 58.1 cm³/mol. The summed E-state index contributed by atoms with van der Waals surface area (Å²) in [6.45, 7) is 0. The van der Waals surface area contributed by atoms with E-state index in [2.05, 4.69) is 24.3 Å². The molecule has 0 amide bonds. The van der Waals surface area contributed by atoms with Crippen LogP contribution in [0.5, 0.6) is 0 Å². The zero-order valence-electron chi connectivity index (χ0n) is 8.52. The largest absolute Gasteiger partial charge is 0.393 e. The van der Waals surface area contributed by atoms with Crippen molar-refractivity contribution in [1.82, 2.24) is 0 Å². The standard InChI is InChI=1S/C13H18O/c14-13-8-4-7-12(13)10-9-11-5-2-1-3-6-11/h1-3,5-6,12-14H,4,7-10H2/t12-,13-/m1/s1. The van der Waals surface area contributed by atoms with E-state index in [4.69, 9.17) is 0 Å². The van der Waals surface area contributed by atoms with Crippen LogP contribution in [0.25, 0.3) is 0 Å². The molecule has 1 nitrogen and oxygen atoms in total. The highest BCUT2D eigenvalue weighted by Crippen LogP contribution is 2.29. The van der Waals surface area contributed by atoms with E-state index < -0.39 is 0 Å². The lowest BCUT2D eigenvalue weighted by molar-refractivity contribution is 0.128. The van der Waals surface area contributed by atoms with Crippen LogP contribution in [0.1, 0.15) is 31.2 Å². The number of aryl methyl sites for hydroxylation is 1. The molecule has 1 heteroatoms. The highest BCUT2D eigenvalue weighted by Gasteiger charge is 2.24. The second kappa shape index (κ2) is 4.61. The van der Waals surface area contributed by atoms with E-state index in [0.29, 0.717) is 5.92 Å². The molecule has 1 aliphatic rings. The minimum absolute atomic E-state index is 0.0290. The molecule has 1 fully saturated rings. The molecular formula is C13H18O. The molecule has 14 heavy (non-hydrogen) atoms. The number of rotatable bonds is 3. The first-order valence-electron chi connectivity index (χ1n) is 5.58. The summed E-state index contributed by atoms with van der Waals surface area (Å²) < 4.78 is 0. The van der Waals surface area contributed by atoms with Crippen LogP contribution in [0.15, 0.2) is 30.3 Å². The first kappa shape index (κ1) is 9.72. The number of hydrogen-bond donors (Lipinski definition) is 1. The number of hydrogen-bond acceptors (Lipinski definition) is 1. The zero-order chi connectivity index (χ0) is 9.80. The second-order valence-corrected chi connectivity index (χ2v) is 4.28. The van der Waals surface area contributed by atoms with Crippen LogP contribution in [0.4, 0.5) is 0 Å². The minimum atomic E-state index is -0.0290. The van der Waals surface area contributed by atoms with E-state index in [-0.39, 0.29) is 6.10 Å². The van der Waals surface area contributed by atoms with Crippen molar-refractivity contribution in [2.75, 3.05) is 0 Å². The highest BCUT2D eigenvalue weighted by atomic mass is 16.3. The van der Waals surface area contributed by atoms with Crippen LogP contribution in [-0.4, -0.2) is 11.2 Å². The zero-order valence-corrected chi connectivity index (χ0v) is 8.52. The number of benzene rings is 1. The summed E-state index contributed by atoms with van der Waals surface area (Å²) in [5, 5.41) is 9.67. The van der Waals surface area contributed by atoms with Crippen molar-refractivity contribution >= 4 is 0 Å². The average Bonchev–Trinajstić information content (AvgIpc) is 2.63. The predicted octanol–water partition coefficient (Wildman–Crippen LogP) is 2.78. The van der Waals surface area contributed by atoms with Crippen molar-refractivity contribution < 1.29 is 5.11 Å². The maximum absolute atomic E-state index is 9.67. The van der Waals surface area contributed by atoms with Crippen molar-refractivity contribution in [3.8, 4) is 0 Å². The quantitative estimate of drug-likeness (QED) is 0.777. The second-order valence-electron chi connectivity index (χ2n) is 4.28. The van der Waals surface area contributed by atoms with Gasteiger partial charge in [0.05, 0.1) is 6.10 Å². The minimum Gasteiger partial charge on any atom is -0.393 e. The van der Waals surface area contributed by atoms with Gasteiger partial charge in [0.2, 0.25) is 0 Å². The van der Waals surface area contributed by atoms with Gasteiger partial charge in [0, 0.05) is 0 Å². The van der Waals surface area contributed by atoms with Crippen LogP contribution < -0.4 is 0 Å². The Morgan fingerprint density at radius 3 is 2.57 bits per heavy atom. The van der Waals surface area contributed by atoms with Crippen LogP contribution in [-0.2, 0) is 6.42 Å². The van der Waals surface area contributed by atoms with Crippen LogP contribution in [0, 0.1) is 5.92 Å². The van der Waals surface area contributed by atoms with E-state index in [0.717, 1.165) is 19.3 Å². The number of aliphatic hydroxyl groups is 1. The van der Waals surface area contributed by atoms with Crippen molar-refractivity contribution in [2.45, 2.75) is 38.2 Å². The Morgan fingerprint density at radius 2 is 1.93 bits per heavy atom. The van der Waals surface area contributed by atoms with Gasteiger partial charge in [-0.15, -0.1) is 0 Å². The molecule has 0 bridgehead atoms. The third-order valence-electron chi connectivity index (χ3n) is 3.27. The van der Waals surface area contributed by atoms with Gasteiger partial charge in [-0.3, -0.25) is 0 Å². The molecule has 0 radical (unpaired) electrons. The molecule has 2 atom stereocenters. The van der Waals surface area contributed by atoms with Gasteiger partial charge < -0.3 is 5.11 Å². The van der Waals surface area contributed by atoms with Gasteiger partial charge in [0.15, 0.2) is 0 Å².